The lowest BCUT2D eigenvalue weighted by Crippen LogP contribution is -2.49. The van der Waals surface area contributed by atoms with E-state index in [1.54, 1.807) is 11.8 Å². The Morgan fingerprint density at radius 1 is 1.60 bits per heavy atom. The number of carbonyl (C=O) groups excluding carboxylic acids is 1. The Kier molecular flexibility index (Phi) is 4.57. The highest BCUT2D eigenvalue weighted by atomic mass is 35.5. The van der Waals surface area contributed by atoms with Crippen molar-refractivity contribution in [2.45, 2.75) is 13.0 Å². The molecule has 1 aliphatic rings. The van der Waals surface area contributed by atoms with Gasteiger partial charge in [-0.3, -0.25) is 14.9 Å². The van der Waals surface area contributed by atoms with E-state index in [1.807, 2.05) is 0 Å². The van der Waals surface area contributed by atoms with Crippen LogP contribution in [0.5, 0.6) is 0 Å². The number of hydrogen-bond acceptors (Lipinski definition) is 4. The lowest BCUT2D eigenvalue weighted by Gasteiger charge is -2.34. The highest BCUT2D eigenvalue weighted by molar-refractivity contribution is 6.18. The molecule has 1 aliphatic heterocycles. The first-order valence-corrected chi connectivity index (χ1v) is 6.77. The van der Waals surface area contributed by atoms with Crippen molar-refractivity contribution in [3.05, 3.63) is 39.4 Å². The van der Waals surface area contributed by atoms with Crippen LogP contribution in [0, 0.1) is 17.0 Å². The molecule has 1 heterocycles. The van der Waals surface area contributed by atoms with E-state index in [9.17, 15) is 14.9 Å². The molecule has 0 N–H and O–H groups in total. The van der Waals surface area contributed by atoms with Gasteiger partial charge in [0.15, 0.2) is 0 Å². The molecule has 1 saturated heterocycles. The molecule has 1 aromatic carbocycles. The molecule has 0 aromatic heterocycles. The first kappa shape index (κ1) is 14.7. The number of rotatable bonds is 3. The van der Waals surface area contributed by atoms with Crippen LogP contribution in [0.4, 0.5) is 5.69 Å². The highest BCUT2D eigenvalue weighted by Gasteiger charge is 2.28. The van der Waals surface area contributed by atoms with Crippen LogP contribution in [-0.2, 0) is 4.74 Å². The molecule has 1 unspecified atom stereocenters. The Bertz CT molecular complexity index is 535. The number of nitro groups is 1. The average Bonchev–Trinajstić information content (AvgIpc) is 2.46. The molecule has 2 rings (SSSR count). The summed E-state index contributed by atoms with van der Waals surface area (Å²) in [6.45, 7) is 3.06. The number of morpholine rings is 1. The summed E-state index contributed by atoms with van der Waals surface area (Å²) in [6, 6.07) is 4.09. The number of alkyl halides is 1. The molecule has 6 nitrogen and oxygen atoms in total. The van der Waals surface area contributed by atoms with Crippen LogP contribution in [0.15, 0.2) is 18.2 Å². The maximum atomic E-state index is 12.5. The van der Waals surface area contributed by atoms with Crippen LogP contribution in [-0.4, -0.2) is 47.4 Å². The van der Waals surface area contributed by atoms with Crippen molar-refractivity contribution in [2.75, 3.05) is 25.6 Å². The van der Waals surface area contributed by atoms with E-state index < -0.39 is 4.92 Å². The smallest absolute Gasteiger partial charge is 0.269 e. The van der Waals surface area contributed by atoms with Gasteiger partial charge in [-0.1, -0.05) is 0 Å². The van der Waals surface area contributed by atoms with E-state index in [4.69, 9.17) is 16.3 Å². The number of amides is 1. The van der Waals surface area contributed by atoms with Gasteiger partial charge in [-0.05, 0) is 18.6 Å². The summed E-state index contributed by atoms with van der Waals surface area (Å²) in [6.07, 6.45) is 0. The minimum absolute atomic E-state index is 0.0186. The van der Waals surface area contributed by atoms with Gasteiger partial charge in [0.05, 0.1) is 24.2 Å². The van der Waals surface area contributed by atoms with Crippen LogP contribution < -0.4 is 0 Å². The predicted octanol–water partition coefficient (Wildman–Crippen LogP) is 1.98. The molecule has 1 amide bonds. The van der Waals surface area contributed by atoms with Gasteiger partial charge in [0, 0.05) is 30.1 Å². The van der Waals surface area contributed by atoms with Crippen molar-refractivity contribution in [1.29, 1.82) is 0 Å². The minimum atomic E-state index is -0.475. The number of halogens is 1. The number of non-ortho nitro benzene ring substituents is 1. The lowest BCUT2D eigenvalue weighted by molar-refractivity contribution is -0.384. The third-order valence-corrected chi connectivity index (χ3v) is 3.67. The number of ether oxygens (including phenoxy) is 1. The van der Waals surface area contributed by atoms with Crippen molar-refractivity contribution in [2.24, 2.45) is 0 Å². The molecule has 108 valence electrons. The fourth-order valence-electron chi connectivity index (χ4n) is 2.21. The van der Waals surface area contributed by atoms with E-state index in [-0.39, 0.29) is 17.6 Å². The van der Waals surface area contributed by atoms with E-state index >= 15 is 0 Å². The molecule has 0 radical (unpaired) electrons. The molecule has 20 heavy (non-hydrogen) atoms. The summed E-state index contributed by atoms with van der Waals surface area (Å²) in [5.41, 5.74) is 1.03. The van der Waals surface area contributed by atoms with Gasteiger partial charge in [-0.2, -0.15) is 0 Å². The first-order chi connectivity index (χ1) is 9.54. The maximum absolute atomic E-state index is 12.5. The number of hydrogen-bond donors (Lipinski definition) is 0. The molecular formula is C13H15ClN2O4. The Morgan fingerprint density at radius 2 is 2.35 bits per heavy atom. The number of nitro benzene ring substituents is 1. The largest absolute Gasteiger partial charge is 0.377 e. The number of benzene rings is 1. The molecule has 0 spiro atoms. The van der Waals surface area contributed by atoms with Gasteiger partial charge in [-0.15, -0.1) is 11.6 Å². The monoisotopic (exact) mass is 298 g/mol. The molecule has 1 aromatic rings. The van der Waals surface area contributed by atoms with Crippen LogP contribution in [0.2, 0.25) is 0 Å². The van der Waals surface area contributed by atoms with Crippen LogP contribution in [0.25, 0.3) is 0 Å². The molecule has 7 heteroatoms. The van der Waals surface area contributed by atoms with Crippen LogP contribution >= 0.6 is 11.6 Å². The minimum Gasteiger partial charge on any atom is -0.377 e. The zero-order valence-electron chi connectivity index (χ0n) is 11.0. The quantitative estimate of drug-likeness (QED) is 0.486. The first-order valence-electron chi connectivity index (χ1n) is 6.24. The second-order valence-electron chi connectivity index (χ2n) is 4.64. The SMILES string of the molecule is Cc1cc([N+](=O)[O-])ccc1C(=O)N1CCOCC1CCl. The van der Waals surface area contributed by atoms with E-state index in [0.29, 0.717) is 36.8 Å². The molecule has 0 saturated carbocycles. The third kappa shape index (κ3) is 2.91. The molecule has 1 fully saturated rings. The second kappa shape index (κ2) is 6.19. The van der Waals surface area contributed by atoms with Crippen molar-refractivity contribution >= 4 is 23.2 Å². The van der Waals surface area contributed by atoms with Crippen molar-refractivity contribution in [1.82, 2.24) is 4.90 Å². The summed E-state index contributed by atoms with van der Waals surface area (Å²) in [5.74, 6) is 0.143. The zero-order chi connectivity index (χ0) is 14.7. The van der Waals surface area contributed by atoms with Gasteiger partial charge >= 0.3 is 0 Å². The maximum Gasteiger partial charge on any atom is 0.269 e. The fourth-order valence-corrected chi connectivity index (χ4v) is 2.46. The predicted molar refractivity (Wildman–Crippen MR) is 74.2 cm³/mol. The lowest BCUT2D eigenvalue weighted by atomic mass is 10.1. The Morgan fingerprint density at radius 3 is 2.95 bits per heavy atom. The van der Waals surface area contributed by atoms with Crippen molar-refractivity contribution in [3.8, 4) is 0 Å². The number of carbonyl (C=O) groups is 1. The summed E-state index contributed by atoms with van der Waals surface area (Å²) >= 11 is 5.85. The molecule has 0 aliphatic carbocycles. The van der Waals surface area contributed by atoms with E-state index in [1.165, 1.54) is 18.2 Å². The van der Waals surface area contributed by atoms with Crippen molar-refractivity contribution in [3.63, 3.8) is 0 Å². The molecule has 0 bridgehead atoms. The normalized spacial score (nSPS) is 18.9. The van der Waals surface area contributed by atoms with Gasteiger partial charge in [0.1, 0.15) is 0 Å². The fraction of sp³-hybridized carbons (Fsp3) is 0.462. The zero-order valence-corrected chi connectivity index (χ0v) is 11.8. The van der Waals surface area contributed by atoms with Gasteiger partial charge in [0.2, 0.25) is 0 Å². The molecule has 1 atom stereocenters. The average molecular weight is 299 g/mol. The van der Waals surface area contributed by atoms with Gasteiger partial charge in [0.25, 0.3) is 11.6 Å². The summed E-state index contributed by atoms with van der Waals surface area (Å²) < 4.78 is 5.30. The van der Waals surface area contributed by atoms with Crippen LogP contribution in [0.3, 0.4) is 0 Å². The Hall–Kier alpha value is -1.66. The number of aryl methyl sites for hydroxylation is 1. The van der Waals surface area contributed by atoms with Crippen LogP contribution in [0.1, 0.15) is 15.9 Å². The summed E-state index contributed by atoms with van der Waals surface area (Å²) in [7, 11) is 0. The Labute approximate surface area is 121 Å². The summed E-state index contributed by atoms with van der Waals surface area (Å²) in [4.78, 5) is 24.4. The standard InChI is InChI=1S/C13H15ClN2O4/c1-9-6-10(16(18)19)2-3-12(9)13(17)15-4-5-20-8-11(15)7-14/h2-3,6,11H,4-5,7-8H2,1H3. The van der Waals surface area contributed by atoms with Gasteiger partial charge < -0.3 is 9.64 Å². The third-order valence-electron chi connectivity index (χ3n) is 3.32. The van der Waals surface area contributed by atoms with Crippen molar-refractivity contribution < 1.29 is 14.5 Å². The highest BCUT2D eigenvalue weighted by Crippen LogP contribution is 2.20. The van der Waals surface area contributed by atoms with E-state index in [2.05, 4.69) is 0 Å². The summed E-state index contributed by atoms with van der Waals surface area (Å²) in [5, 5.41) is 10.7. The second-order valence-corrected chi connectivity index (χ2v) is 4.95. The van der Waals surface area contributed by atoms with E-state index in [0.717, 1.165) is 0 Å². The Balaban J connectivity index is 2.26. The molecular weight excluding hydrogens is 284 g/mol. The number of nitrogens with zero attached hydrogens (tertiary/aromatic N) is 2. The topological polar surface area (TPSA) is 72.7 Å². The van der Waals surface area contributed by atoms with Gasteiger partial charge in [-0.25, -0.2) is 0 Å².